The van der Waals surface area contributed by atoms with E-state index >= 15 is 0 Å². The molecule has 1 heterocycles. The predicted molar refractivity (Wildman–Crippen MR) is 79.0 cm³/mol. The number of aryl methyl sites for hydroxylation is 2. The first-order valence-electron chi connectivity index (χ1n) is 6.91. The van der Waals surface area contributed by atoms with Crippen molar-refractivity contribution in [2.45, 2.75) is 27.7 Å². The quantitative estimate of drug-likeness (QED) is 0.315. The van der Waals surface area contributed by atoms with Crippen molar-refractivity contribution in [2.24, 2.45) is 14.1 Å². The fourth-order valence-corrected chi connectivity index (χ4v) is 4.91. The van der Waals surface area contributed by atoms with E-state index in [0.29, 0.717) is 0 Å². The van der Waals surface area contributed by atoms with Crippen LogP contribution in [-0.4, -0.2) is 40.1 Å². The van der Waals surface area contributed by atoms with Crippen molar-refractivity contribution in [3.8, 4) is 0 Å². The highest BCUT2D eigenvalue weighted by atomic mass is 127. The number of hydrogen-bond donors (Lipinski definition) is 0. The zero-order valence-electron chi connectivity index (χ0n) is 13.1. The molecule has 6 heteroatoms. The smallest absolute Gasteiger partial charge is 0.307 e. The SMILES string of the molecule is CCN(CC)P(c1n(C)cc[n+]1C)N(CC)CC.[I-]. The first-order chi connectivity index (χ1) is 8.60. The molecule has 1 rings (SSSR count). The molecule has 0 bridgehead atoms. The van der Waals surface area contributed by atoms with Crippen molar-refractivity contribution in [1.82, 2.24) is 13.9 Å². The van der Waals surface area contributed by atoms with Gasteiger partial charge in [0.1, 0.15) is 12.4 Å². The Balaban J connectivity index is 0.00000324. The van der Waals surface area contributed by atoms with Crippen LogP contribution in [0.4, 0.5) is 0 Å². The van der Waals surface area contributed by atoms with Crippen LogP contribution < -0.4 is 34.1 Å². The van der Waals surface area contributed by atoms with Gasteiger partial charge in [-0.2, -0.15) is 0 Å². The lowest BCUT2D eigenvalue weighted by atomic mass is 10.7. The minimum absolute atomic E-state index is 0. The molecule has 112 valence electrons. The maximum absolute atomic E-state index is 2.58. The Morgan fingerprint density at radius 1 is 1.05 bits per heavy atom. The monoisotopic (exact) mass is 398 g/mol. The molecular weight excluding hydrogens is 370 g/mol. The number of halogens is 1. The molecule has 0 aliphatic rings. The highest BCUT2D eigenvalue weighted by Crippen LogP contribution is 2.41. The van der Waals surface area contributed by atoms with Gasteiger partial charge in [0, 0.05) is 26.2 Å². The van der Waals surface area contributed by atoms with Crippen molar-refractivity contribution in [2.75, 3.05) is 26.2 Å². The second-order valence-electron chi connectivity index (χ2n) is 4.39. The molecule has 4 nitrogen and oxygen atoms in total. The average molecular weight is 398 g/mol. The Morgan fingerprint density at radius 2 is 1.47 bits per heavy atom. The number of aromatic nitrogens is 2. The molecule has 0 aromatic carbocycles. The average Bonchev–Trinajstić information content (AvgIpc) is 2.70. The molecule has 0 aliphatic heterocycles. The topological polar surface area (TPSA) is 15.3 Å². The van der Waals surface area contributed by atoms with Crippen LogP contribution in [0.15, 0.2) is 12.4 Å². The van der Waals surface area contributed by atoms with Crippen LogP contribution in [0.5, 0.6) is 0 Å². The van der Waals surface area contributed by atoms with Gasteiger partial charge in [-0.05, 0) is 0 Å². The molecule has 0 spiro atoms. The van der Waals surface area contributed by atoms with E-state index in [9.17, 15) is 0 Å². The summed E-state index contributed by atoms with van der Waals surface area (Å²) in [6.07, 6.45) is 4.30. The molecule has 0 unspecified atom stereocenters. The predicted octanol–water partition coefficient (Wildman–Crippen LogP) is -1.53. The van der Waals surface area contributed by atoms with Crippen LogP contribution in [0.3, 0.4) is 0 Å². The molecule has 0 saturated heterocycles. The standard InChI is InChI=1S/C13H28N4P.HI/c1-7-16(8-2)18(17(9-3)10-4)13-14(5)11-12-15(13)6;/h11-12H,7-10H2,1-6H3;1H/q+1;/p-1. The van der Waals surface area contributed by atoms with E-state index in [1.807, 2.05) is 0 Å². The summed E-state index contributed by atoms with van der Waals surface area (Å²) < 4.78 is 9.69. The number of hydrogen-bond acceptors (Lipinski definition) is 2. The van der Waals surface area contributed by atoms with Crippen molar-refractivity contribution in [3.05, 3.63) is 12.4 Å². The van der Waals surface area contributed by atoms with Crippen LogP contribution in [0, 0.1) is 0 Å². The van der Waals surface area contributed by atoms with Gasteiger partial charge in [0.05, 0.1) is 14.1 Å². The molecule has 0 saturated carbocycles. The summed E-state index contributed by atoms with van der Waals surface area (Å²) in [4.78, 5) is 0. The molecule has 0 N–H and O–H groups in total. The van der Waals surface area contributed by atoms with Crippen molar-refractivity contribution < 1.29 is 28.5 Å². The third-order valence-electron chi connectivity index (χ3n) is 3.32. The third kappa shape index (κ3) is 4.38. The first kappa shape index (κ1) is 19.3. The van der Waals surface area contributed by atoms with Gasteiger partial charge in [0.2, 0.25) is 0 Å². The van der Waals surface area contributed by atoms with Crippen molar-refractivity contribution >= 4 is 13.8 Å². The molecule has 0 aliphatic carbocycles. The number of imidazole rings is 1. The molecular formula is C13H28IN4P. The van der Waals surface area contributed by atoms with E-state index in [0.717, 1.165) is 26.2 Å². The lowest BCUT2D eigenvalue weighted by Crippen LogP contribution is -3.00. The van der Waals surface area contributed by atoms with Gasteiger partial charge in [0.15, 0.2) is 8.22 Å². The number of nitrogens with zero attached hydrogens (tertiary/aromatic N) is 4. The van der Waals surface area contributed by atoms with Gasteiger partial charge >= 0.3 is 5.57 Å². The van der Waals surface area contributed by atoms with E-state index in [-0.39, 0.29) is 24.0 Å². The Bertz CT molecular complexity index is 330. The zero-order chi connectivity index (χ0) is 13.7. The molecule has 0 amide bonds. The largest absolute Gasteiger partial charge is 1.00 e. The van der Waals surface area contributed by atoms with E-state index in [1.54, 1.807) is 0 Å². The van der Waals surface area contributed by atoms with Crippen LogP contribution in [-0.2, 0) is 14.1 Å². The summed E-state index contributed by atoms with van der Waals surface area (Å²) in [6, 6.07) is 0. The van der Waals surface area contributed by atoms with E-state index in [2.05, 4.69) is 72.7 Å². The highest BCUT2D eigenvalue weighted by molar-refractivity contribution is 7.60. The molecule has 19 heavy (non-hydrogen) atoms. The van der Waals surface area contributed by atoms with E-state index in [4.69, 9.17) is 0 Å². The van der Waals surface area contributed by atoms with Gasteiger partial charge in [-0.1, -0.05) is 27.7 Å². The second-order valence-corrected chi connectivity index (χ2v) is 6.50. The number of rotatable bonds is 7. The lowest BCUT2D eigenvalue weighted by Gasteiger charge is -2.34. The summed E-state index contributed by atoms with van der Waals surface area (Å²) in [5, 5.41) is 0. The molecule has 0 radical (unpaired) electrons. The summed E-state index contributed by atoms with van der Waals surface area (Å²) in [6.45, 7) is 13.4. The third-order valence-corrected chi connectivity index (χ3v) is 6.51. The van der Waals surface area contributed by atoms with Crippen LogP contribution in [0.25, 0.3) is 0 Å². The Morgan fingerprint density at radius 3 is 1.74 bits per heavy atom. The fourth-order valence-electron chi connectivity index (χ4n) is 2.28. The summed E-state index contributed by atoms with van der Waals surface area (Å²) in [5.41, 5.74) is 1.41. The van der Waals surface area contributed by atoms with Crippen LogP contribution >= 0.6 is 8.22 Å². The Labute approximate surface area is 136 Å². The fraction of sp³-hybridized carbons (Fsp3) is 0.769. The van der Waals surface area contributed by atoms with Gasteiger partial charge in [-0.3, -0.25) is 9.34 Å². The molecule has 1 aromatic heterocycles. The molecule has 1 aromatic rings. The Kier molecular flexibility index (Phi) is 9.41. The Hall–Kier alpha value is 0.290. The van der Waals surface area contributed by atoms with Gasteiger partial charge in [-0.25, -0.2) is 9.13 Å². The second kappa shape index (κ2) is 9.27. The van der Waals surface area contributed by atoms with Crippen molar-refractivity contribution in [1.29, 1.82) is 0 Å². The maximum Gasteiger partial charge on any atom is 0.307 e. The highest BCUT2D eigenvalue weighted by Gasteiger charge is 2.33. The van der Waals surface area contributed by atoms with Crippen LogP contribution in [0.1, 0.15) is 27.7 Å². The van der Waals surface area contributed by atoms with Crippen LogP contribution in [0.2, 0.25) is 0 Å². The van der Waals surface area contributed by atoms with Gasteiger partial charge in [0.25, 0.3) is 0 Å². The summed E-state index contributed by atoms with van der Waals surface area (Å²) in [7, 11) is 3.91. The normalized spacial score (nSPS) is 11.4. The van der Waals surface area contributed by atoms with Gasteiger partial charge < -0.3 is 24.0 Å². The molecule has 0 fully saturated rings. The molecule has 0 atom stereocenters. The maximum atomic E-state index is 2.58. The summed E-state index contributed by atoms with van der Waals surface area (Å²) in [5.74, 6) is 0. The first-order valence-corrected chi connectivity index (χ1v) is 8.16. The minimum Gasteiger partial charge on any atom is -1.00 e. The zero-order valence-corrected chi connectivity index (χ0v) is 16.1. The van der Waals surface area contributed by atoms with Gasteiger partial charge in [-0.15, -0.1) is 0 Å². The minimum atomic E-state index is -0.395. The van der Waals surface area contributed by atoms with Crippen molar-refractivity contribution in [3.63, 3.8) is 0 Å². The lowest BCUT2D eigenvalue weighted by molar-refractivity contribution is -0.652. The van der Waals surface area contributed by atoms with E-state index < -0.39 is 8.22 Å². The summed E-state index contributed by atoms with van der Waals surface area (Å²) >= 11 is 0. The van der Waals surface area contributed by atoms with E-state index in [1.165, 1.54) is 5.57 Å².